The Morgan fingerprint density at radius 1 is 1.28 bits per heavy atom. The second-order valence-corrected chi connectivity index (χ2v) is 4.18. The molecule has 0 bridgehead atoms. The highest BCUT2D eigenvalue weighted by atomic mass is 35.5. The summed E-state index contributed by atoms with van der Waals surface area (Å²) in [5.74, 6) is -0.288. The van der Waals surface area contributed by atoms with Crippen molar-refractivity contribution in [1.29, 1.82) is 0 Å². The third kappa shape index (κ3) is 1.60. The van der Waals surface area contributed by atoms with E-state index < -0.39 is 5.82 Å². The Balaban J connectivity index is 2.34. The van der Waals surface area contributed by atoms with Gasteiger partial charge in [0, 0.05) is 11.2 Å². The number of imidazole rings is 1. The van der Waals surface area contributed by atoms with E-state index in [1.54, 1.807) is 30.5 Å². The van der Waals surface area contributed by atoms with Crippen molar-refractivity contribution in [2.75, 3.05) is 5.73 Å². The Morgan fingerprint density at radius 3 is 2.89 bits per heavy atom. The molecule has 0 aliphatic heterocycles. The highest BCUT2D eigenvalue weighted by Gasteiger charge is 2.14. The number of nitrogens with zero attached hydrogens (tertiary/aromatic N) is 3. The summed E-state index contributed by atoms with van der Waals surface area (Å²) in [6, 6.07) is 7.88. The fraction of sp³-hybridized carbons (Fsp3) is 0. The summed E-state index contributed by atoms with van der Waals surface area (Å²) in [5, 5.41) is 0.326. The number of hydrogen-bond acceptors (Lipinski definition) is 3. The lowest BCUT2D eigenvalue weighted by molar-refractivity contribution is 0.620. The standard InChI is InChI=1S/C12H8ClFN4/c13-7-3-4-10(8(14)6-7)18-11-9(17-12(18)15)2-1-5-16-11/h1-6H,(H2,15,17). The fourth-order valence-electron chi connectivity index (χ4n) is 1.83. The van der Waals surface area contributed by atoms with Crippen LogP contribution < -0.4 is 5.73 Å². The van der Waals surface area contributed by atoms with Gasteiger partial charge in [0.2, 0.25) is 5.95 Å². The van der Waals surface area contributed by atoms with E-state index in [4.69, 9.17) is 17.3 Å². The first-order valence-electron chi connectivity index (χ1n) is 5.21. The number of rotatable bonds is 1. The molecule has 18 heavy (non-hydrogen) atoms. The van der Waals surface area contributed by atoms with E-state index in [1.165, 1.54) is 10.6 Å². The zero-order valence-electron chi connectivity index (χ0n) is 9.14. The van der Waals surface area contributed by atoms with Crippen LogP contribution in [0.15, 0.2) is 36.5 Å². The van der Waals surface area contributed by atoms with Crippen molar-refractivity contribution < 1.29 is 4.39 Å². The molecule has 1 aromatic carbocycles. The fourth-order valence-corrected chi connectivity index (χ4v) is 1.99. The average Bonchev–Trinajstić information content (AvgIpc) is 2.66. The van der Waals surface area contributed by atoms with Gasteiger partial charge in [-0.1, -0.05) is 11.6 Å². The molecule has 2 heterocycles. The van der Waals surface area contributed by atoms with Gasteiger partial charge in [0.1, 0.15) is 11.3 Å². The Bertz CT molecular complexity index is 738. The van der Waals surface area contributed by atoms with Crippen molar-refractivity contribution in [2.24, 2.45) is 0 Å². The first-order chi connectivity index (χ1) is 8.66. The Labute approximate surface area is 107 Å². The number of aromatic nitrogens is 3. The maximum Gasteiger partial charge on any atom is 0.207 e. The lowest BCUT2D eigenvalue weighted by Crippen LogP contribution is -2.03. The molecule has 0 saturated carbocycles. The summed E-state index contributed by atoms with van der Waals surface area (Å²) in [7, 11) is 0. The minimum absolute atomic E-state index is 0.185. The van der Waals surface area contributed by atoms with E-state index in [0.717, 1.165) is 0 Å². The zero-order chi connectivity index (χ0) is 12.7. The Kier molecular flexibility index (Phi) is 2.41. The molecular formula is C12H8ClFN4. The molecule has 0 aliphatic rings. The minimum Gasteiger partial charge on any atom is -0.369 e. The van der Waals surface area contributed by atoms with Gasteiger partial charge in [0.15, 0.2) is 5.65 Å². The molecule has 0 unspecified atom stereocenters. The normalized spacial score (nSPS) is 11.0. The minimum atomic E-state index is -0.473. The lowest BCUT2D eigenvalue weighted by Gasteiger charge is -2.07. The molecule has 2 N–H and O–H groups in total. The van der Waals surface area contributed by atoms with Crippen LogP contribution in [0.3, 0.4) is 0 Å². The molecule has 90 valence electrons. The van der Waals surface area contributed by atoms with E-state index in [1.807, 2.05) is 0 Å². The number of benzene rings is 1. The number of pyridine rings is 1. The van der Waals surface area contributed by atoms with Crippen LogP contribution in [0.5, 0.6) is 0 Å². The molecule has 4 nitrogen and oxygen atoms in total. The maximum absolute atomic E-state index is 13.9. The number of hydrogen-bond donors (Lipinski definition) is 1. The van der Waals surface area contributed by atoms with Crippen LogP contribution in [0, 0.1) is 5.82 Å². The van der Waals surface area contributed by atoms with Gasteiger partial charge in [0.05, 0.1) is 5.69 Å². The van der Waals surface area contributed by atoms with Crippen LogP contribution >= 0.6 is 11.6 Å². The molecule has 0 atom stereocenters. The highest BCUT2D eigenvalue weighted by molar-refractivity contribution is 6.30. The largest absolute Gasteiger partial charge is 0.369 e. The van der Waals surface area contributed by atoms with Crippen molar-refractivity contribution in [3.8, 4) is 5.69 Å². The van der Waals surface area contributed by atoms with E-state index >= 15 is 0 Å². The first kappa shape index (κ1) is 11.0. The van der Waals surface area contributed by atoms with Gasteiger partial charge in [-0.25, -0.2) is 14.4 Å². The third-order valence-electron chi connectivity index (χ3n) is 2.59. The van der Waals surface area contributed by atoms with Gasteiger partial charge in [-0.15, -0.1) is 0 Å². The van der Waals surface area contributed by atoms with Gasteiger partial charge in [0.25, 0.3) is 0 Å². The zero-order valence-corrected chi connectivity index (χ0v) is 9.89. The smallest absolute Gasteiger partial charge is 0.207 e. The SMILES string of the molecule is Nc1nc2cccnc2n1-c1ccc(Cl)cc1F. The molecule has 0 saturated heterocycles. The topological polar surface area (TPSA) is 56.7 Å². The number of fused-ring (bicyclic) bond motifs is 1. The van der Waals surface area contributed by atoms with Gasteiger partial charge in [-0.3, -0.25) is 4.57 Å². The number of nitrogen functional groups attached to an aromatic ring is 1. The van der Waals surface area contributed by atoms with Gasteiger partial charge >= 0.3 is 0 Å². The van der Waals surface area contributed by atoms with Crippen LogP contribution in [-0.2, 0) is 0 Å². The van der Waals surface area contributed by atoms with Crippen LogP contribution in [0.25, 0.3) is 16.9 Å². The van der Waals surface area contributed by atoms with E-state index in [9.17, 15) is 4.39 Å². The van der Waals surface area contributed by atoms with Crippen LogP contribution in [-0.4, -0.2) is 14.5 Å². The van der Waals surface area contributed by atoms with Crippen molar-refractivity contribution in [3.05, 3.63) is 47.4 Å². The highest BCUT2D eigenvalue weighted by Crippen LogP contribution is 2.24. The molecule has 3 aromatic rings. The molecule has 0 spiro atoms. The predicted molar refractivity (Wildman–Crippen MR) is 68.2 cm³/mol. The second-order valence-electron chi connectivity index (χ2n) is 3.75. The number of halogens is 2. The average molecular weight is 263 g/mol. The van der Waals surface area contributed by atoms with E-state index in [2.05, 4.69) is 9.97 Å². The quantitative estimate of drug-likeness (QED) is 0.734. The summed E-state index contributed by atoms with van der Waals surface area (Å²) < 4.78 is 15.4. The number of anilines is 1. The third-order valence-corrected chi connectivity index (χ3v) is 2.83. The summed E-state index contributed by atoms with van der Waals surface area (Å²) in [5.41, 5.74) is 7.21. The summed E-state index contributed by atoms with van der Waals surface area (Å²) in [4.78, 5) is 8.29. The molecule has 3 rings (SSSR count). The van der Waals surface area contributed by atoms with Gasteiger partial charge in [-0.05, 0) is 30.3 Å². The lowest BCUT2D eigenvalue weighted by atomic mass is 10.3. The van der Waals surface area contributed by atoms with Gasteiger partial charge < -0.3 is 5.73 Å². The van der Waals surface area contributed by atoms with Crippen molar-refractivity contribution in [1.82, 2.24) is 14.5 Å². The second kappa shape index (κ2) is 3.96. The summed E-state index contributed by atoms with van der Waals surface area (Å²) in [6.07, 6.45) is 1.60. The molecule has 0 aliphatic carbocycles. The monoisotopic (exact) mass is 262 g/mol. The Hall–Kier alpha value is -2.14. The molecule has 0 fully saturated rings. The Morgan fingerprint density at radius 2 is 2.11 bits per heavy atom. The van der Waals surface area contributed by atoms with E-state index in [-0.39, 0.29) is 11.6 Å². The number of nitrogens with two attached hydrogens (primary N) is 1. The van der Waals surface area contributed by atoms with E-state index in [0.29, 0.717) is 16.2 Å². The van der Waals surface area contributed by atoms with Crippen LogP contribution in [0.1, 0.15) is 0 Å². The molecule has 0 radical (unpaired) electrons. The van der Waals surface area contributed by atoms with Gasteiger partial charge in [-0.2, -0.15) is 0 Å². The maximum atomic E-state index is 13.9. The predicted octanol–water partition coefficient (Wildman–Crippen LogP) is 2.80. The van der Waals surface area contributed by atoms with Crippen molar-refractivity contribution in [3.63, 3.8) is 0 Å². The molecule has 6 heteroatoms. The summed E-state index contributed by atoms with van der Waals surface area (Å²) in [6.45, 7) is 0. The van der Waals surface area contributed by atoms with Crippen LogP contribution in [0.4, 0.5) is 10.3 Å². The molecule has 2 aromatic heterocycles. The molecular weight excluding hydrogens is 255 g/mol. The summed E-state index contributed by atoms with van der Waals surface area (Å²) >= 11 is 5.72. The van der Waals surface area contributed by atoms with Crippen molar-refractivity contribution in [2.45, 2.75) is 0 Å². The van der Waals surface area contributed by atoms with Crippen LogP contribution in [0.2, 0.25) is 5.02 Å². The van der Waals surface area contributed by atoms with Crippen molar-refractivity contribution >= 4 is 28.7 Å². The first-order valence-corrected chi connectivity index (χ1v) is 5.59. The molecule has 0 amide bonds.